The van der Waals surface area contributed by atoms with E-state index in [0.29, 0.717) is 0 Å². The van der Waals surface area contributed by atoms with Crippen LogP contribution in [-0.2, 0) is 11.3 Å². The molecule has 90 valence electrons. The molecule has 0 bridgehead atoms. The Labute approximate surface area is 97.7 Å². The Balaban J connectivity index is 2.74. The first kappa shape index (κ1) is 12.9. The Morgan fingerprint density at radius 3 is 2.62 bits per heavy atom. The molecule has 1 heterocycles. The van der Waals surface area contributed by atoms with Gasteiger partial charge in [0.2, 0.25) is 5.91 Å². The minimum absolute atomic E-state index is 0.0132. The van der Waals surface area contributed by atoms with Crippen molar-refractivity contribution in [2.75, 3.05) is 6.61 Å². The number of thiazole rings is 1. The van der Waals surface area contributed by atoms with Gasteiger partial charge < -0.3 is 10.4 Å². The maximum absolute atomic E-state index is 11.5. The largest absolute Gasteiger partial charge is 0.394 e. The van der Waals surface area contributed by atoms with Crippen LogP contribution in [0.2, 0.25) is 0 Å². The molecule has 1 atom stereocenters. The van der Waals surface area contributed by atoms with E-state index < -0.39 is 0 Å². The summed E-state index contributed by atoms with van der Waals surface area (Å²) in [5.74, 6) is -0.260. The summed E-state index contributed by atoms with van der Waals surface area (Å²) in [4.78, 5) is 23.8. The van der Waals surface area contributed by atoms with Crippen LogP contribution in [0.1, 0.15) is 17.5 Å². The average Bonchev–Trinajstić information content (AvgIpc) is 2.45. The first-order chi connectivity index (χ1) is 7.45. The van der Waals surface area contributed by atoms with E-state index in [4.69, 9.17) is 5.11 Å². The first-order valence-corrected chi connectivity index (χ1v) is 5.84. The molecule has 0 aliphatic heterocycles. The Morgan fingerprint density at radius 1 is 1.56 bits per heavy atom. The zero-order valence-corrected chi connectivity index (χ0v) is 10.4. The van der Waals surface area contributed by atoms with Crippen molar-refractivity contribution >= 4 is 17.2 Å². The predicted molar refractivity (Wildman–Crippen MR) is 62.7 cm³/mol. The van der Waals surface area contributed by atoms with Crippen molar-refractivity contribution in [2.24, 2.45) is 0 Å². The molecule has 6 heteroatoms. The van der Waals surface area contributed by atoms with Gasteiger partial charge >= 0.3 is 4.87 Å². The Bertz CT molecular complexity index is 436. The van der Waals surface area contributed by atoms with Gasteiger partial charge in [0, 0.05) is 16.6 Å². The second-order valence-electron chi connectivity index (χ2n) is 3.75. The summed E-state index contributed by atoms with van der Waals surface area (Å²) in [5.41, 5.74) is 0.821. The number of nitrogens with zero attached hydrogens (tertiary/aromatic N) is 1. The van der Waals surface area contributed by atoms with Crippen LogP contribution >= 0.6 is 11.3 Å². The molecule has 0 spiro atoms. The number of aliphatic hydroxyl groups is 1. The molecular formula is C10H16N2O3S. The fraction of sp³-hybridized carbons (Fsp3) is 0.600. The van der Waals surface area contributed by atoms with Crippen molar-refractivity contribution in [1.29, 1.82) is 0 Å². The van der Waals surface area contributed by atoms with Crippen LogP contribution in [0.4, 0.5) is 0 Å². The summed E-state index contributed by atoms with van der Waals surface area (Å²) in [6.45, 7) is 5.27. The molecule has 0 aromatic carbocycles. The SMILES string of the molecule is Cc1sc(=O)n(CC(=O)NC(C)CO)c1C. The number of carbonyl (C=O) groups excluding carboxylic acids is 1. The molecular weight excluding hydrogens is 228 g/mol. The monoisotopic (exact) mass is 244 g/mol. The lowest BCUT2D eigenvalue weighted by atomic mass is 10.3. The molecule has 1 amide bonds. The molecule has 1 unspecified atom stereocenters. The van der Waals surface area contributed by atoms with Crippen LogP contribution in [0.5, 0.6) is 0 Å². The molecule has 1 rings (SSSR count). The molecule has 1 aromatic rings. The van der Waals surface area contributed by atoms with Crippen molar-refractivity contribution in [3.05, 3.63) is 20.2 Å². The summed E-state index contributed by atoms with van der Waals surface area (Å²) < 4.78 is 1.44. The lowest BCUT2D eigenvalue weighted by molar-refractivity contribution is -0.122. The van der Waals surface area contributed by atoms with E-state index in [1.165, 1.54) is 4.57 Å². The van der Waals surface area contributed by atoms with Gasteiger partial charge in [0.25, 0.3) is 0 Å². The molecule has 0 radical (unpaired) electrons. The van der Waals surface area contributed by atoms with Gasteiger partial charge in [0.1, 0.15) is 6.54 Å². The molecule has 1 aromatic heterocycles. The van der Waals surface area contributed by atoms with E-state index in [2.05, 4.69) is 5.32 Å². The standard InChI is InChI=1S/C10H16N2O3S/c1-6(5-13)11-9(14)4-12-7(2)8(3)16-10(12)15/h6,13H,4-5H2,1-3H3,(H,11,14). The molecule has 5 nitrogen and oxygen atoms in total. The highest BCUT2D eigenvalue weighted by atomic mass is 32.1. The van der Waals surface area contributed by atoms with Gasteiger partial charge in [0.15, 0.2) is 0 Å². The zero-order chi connectivity index (χ0) is 12.3. The average molecular weight is 244 g/mol. The van der Waals surface area contributed by atoms with Gasteiger partial charge in [0.05, 0.1) is 6.61 Å². The number of rotatable bonds is 4. The topological polar surface area (TPSA) is 71.3 Å². The third-order valence-corrected chi connectivity index (χ3v) is 3.35. The van der Waals surface area contributed by atoms with Gasteiger partial charge in [-0.05, 0) is 20.8 Å². The van der Waals surface area contributed by atoms with Crippen molar-refractivity contribution in [3.63, 3.8) is 0 Å². The molecule has 0 saturated heterocycles. The normalized spacial score (nSPS) is 12.5. The molecule has 0 fully saturated rings. The molecule has 0 aliphatic rings. The quantitative estimate of drug-likeness (QED) is 0.784. The summed E-state index contributed by atoms with van der Waals surface area (Å²) in [5, 5.41) is 11.4. The van der Waals surface area contributed by atoms with Crippen LogP contribution < -0.4 is 10.2 Å². The Hall–Kier alpha value is -1.14. The molecule has 16 heavy (non-hydrogen) atoms. The minimum atomic E-state index is -0.289. The van der Waals surface area contributed by atoms with Gasteiger partial charge in [-0.2, -0.15) is 0 Å². The maximum atomic E-state index is 11.5. The number of amides is 1. The maximum Gasteiger partial charge on any atom is 0.308 e. The van der Waals surface area contributed by atoms with Crippen LogP contribution in [-0.4, -0.2) is 28.2 Å². The number of aryl methyl sites for hydroxylation is 1. The van der Waals surface area contributed by atoms with Gasteiger partial charge in [-0.25, -0.2) is 0 Å². The van der Waals surface area contributed by atoms with E-state index in [1.54, 1.807) is 6.92 Å². The van der Waals surface area contributed by atoms with Crippen molar-refractivity contribution in [2.45, 2.75) is 33.4 Å². The Kier molecular flexibility index (Phi) is 4.26. The molecule has 0 saturated carbocycles. The van der Waals surface area contributed by atoms with E-state index >= 15 is 0 Å². The Morgan fingerprint density at radius 2 is 2.19 bits per heavy atom. The highest BCUT2D eigenvalue weighted by Gasteiger charge is 2.12. The summed E-state index contributed by atoms with van der Waals surface area (Å²) in [6, 6.07) is -0.289. The summed E-state index contributed by atoms with van der Waals surface area (Å²) in [6.07, 6.45) is 0. The molecule has 2 N–H and O–H groups in total. The second-order valence-corrected chi connectivity index (χ2v) is 4.91. The van der Waals surface area contributed by atoms with Gasteiger partial charge in [-0.3, -0.25) is 14.2 Å². The number of hydrogen-bond acceptors (Lipinski definition) is 4. The van der Waals surface area contributed by atoms with E-state index in [1.807, 2.05) is 13.8 Å². The van der Waals surface area contributed by atoms with Gasteiger partial charge in [-0.1, -0.05) is 11.3 Å². The third-order valence-electron chi connectivity index (χ3n) is 2.36. The van der Waals surface area contributed by atoms with Crippen LogP contribution in [0.15, 0.2) is 4.79 Å². The number of aromatic nitrogens is 1. The fourth-order valence-electron chi connectivity index (χ4n) is 1.28. The summed E-state index contributed by atoms with van der Waals surface area (Å²) in [7, 11) is 0. The number of aliphatic hydroxyl groups excluding tert-OH is 1. The van der Waals surface area contributed by atoms with E-state index in [0.717, 1.165) is 21.9 Å². The molecule has 0 aliphatic carbocycles. The lowest BCUT2D eigenvalue weighted by Crippen LogP contribution is -2.38. The fourth-order valence-corrected chi connectivity index (χ4v) is 2.11. The van der Waals surface area contributed by atoms with Crippen molar-refractivity contribution in [3.8, 4) is 0 Å². The highest BCUT2D eigenvalue weighted by molar-refractivity contribution is 7.09. The van der Waals surface area contributed by atoms with E-state index in [-0.39, 0.29) is 30.0 Å². The smallest absolute Gasteiger partial charge is 0.308 e. The van der Waals surface area contributed by atoms with Crippen LogP contribution in [0.25, 0.3) is 0 Å². The number of carbonyl (C=O) groups is 1. The minimum Gasteiger partial charge on any atom is -0.394 e. The van der Waals surface area contributed by atoms with Crippen molar-refractivity contribution < 1.29 is 9.90 Å². The summed E-state index contributed by atoms with van der Waals surface area (Å²) >= 11 is 1.14. The number of nitrogens with one attached hydrogen (secondary N) is 1. The van der Waals surface area contributed by atoms with Crippen LogP contribution in [0.3, 0.4) is 0 Å². The van der Waals surface area contributed by atoms with Crippen LogP contribution in [0, 0.1) is 13.8 Å². The van der Waals surface area contributed by atoms with Crippen molar-refractivity contribution in [1.82, 2.24) is 9.88 Å². The van der Waals surface area contributed by atoms with Gasteiger partial charge in [-0.15, -0.1) is 0 Å². The third kappa shape index (κ3) is 2.93. The number of hydrogen-bond donors (Lipinski definition) is 2. The van der Waals surface area contributed by atoms with E-state index in [9.17, 15) is 9.59 Å². The lowest BCUT2D eigenvalue weighted by Gasteiger charge is -2.11. The second kappa shape index (κ2) is 5.27. The first-order valence-electron chi connectivity index (χ1n) is 5.02. The zero-order valence-electron chi connectivity index (χ0n) is 9.61. The highest BCUT2D eigenvalue weighted by Crippen LogP contribution is 2.08. The predicted octanol–water partition coefficient (Wildman–Crippen LogP) is 0.0236.